The average molecular weight is 380 g/mol. The molecule has 6 nitrogen and oxygen atoms in total. The molecule has 0 radical (unpaired) electrons. The Morgan fingerprint density at radius 2 is 1.93 bits per heavy atom. The minimum absolute atomic E-state index is 0.0429. The number of rotatable bonds is 5. The summed E-state index contributed by atoms with van der Waals surface area (Å²) in [6.07, 6.45) is 3.43. The summed E-state index contributed by atoms with van der Waals surface area (Å²) in [6, 6.07) is 11.2. The van der Waals surface area contributed by atoms with Crippen molar-refractivity contribution in [3.8, 4) is 6.07 Å². The Kier molecular flexibility index (Phi) is 6.03. The second-order valence-corrected chi connectivity index (χ2v) is 7.98. The van der Waals surface area contributed by atoms with E-state index in [2.05, 4.69) is 16.7 Å². The van der Waals surface area contributed by atoms with Crippen molar-refractivity contribution in [1.82, 2.24) is 15.2 Å². The summed E-state index contributed by atoms with van der Waals surface area (Å²) in [5.74, 6) is -0.560. The van der Waals surface area contributed by atoms with Gasteiger partial charge in [0.15, 0.2) is 0 Å². The topological polar surface area (TPSA) is 86.9 Å². The van der Waals surface area contributed by atoms with Crippen molar-refractivity contribution >= 4 is 22.7 Å². The molecule has 1 fully saturated rings. The maximum absolute atomic E-state index is 12.9. The van der Waals surface area contributed by atoms with Crippen LogP contribution in [0.3, 0.4) is 0 Å². The fourth-order valence-electron chi connectivity index (χ4n) is 3.97. The second-order valence-electron chi connectivity index (χ2n) is 7.98. The van der Waals surface area contributed by atoms with Crippen LogP contribution in [0.15, 0.2) is 30.3 Å². The predicted molar refractivity (Wildman–Crippen MR) is 109 cm³/mol. The Hall–Kier alpha value is -2.81. The number of benzene rings is 1. The van der Waals surface area contributed by atoms with E-state index in [9.17, 15) is 14.9 Å². The normalized spacial score (nSPS) is 20.5. The number of carbonyl (C=O) groups is 2. The molecule has 148 valence electrons. The van der Waals surface area contributed by atoms with Gasteiger partial charge in [0, 0.05) is 24.0 Å². The van der Waals surface area contributed by atoms with Gasteiger partial charge in [-0.1, -0.05) is 44.9 Å². The number of aryl methyl sites for hydroxylation is 1. The third-order valence-electron chi connectivity index (χ3n) is 5.71. The highest BCUT2D eigenvalue weighted by Gasteiger charge is 2.34. The molecule has 28 heavy (non-hydrogen) atoms. The second kappa shape index (κ2) is 8.47. The van der Waals surface area contributed by atoms with Crippen LogP contribution in [0.2, 0.25) is 0 Å². The standard InChI is InChI=1S/C22H28N4O2/c1-14(2)18(13-23)25-21(27)16-9-5-6-10-17(16)24-22(28)20-12-15-8-4-7-11-19(15)26(20)3/h4,7-8,11-12,14,16-18H,5-6,9-10H2,1-3H3,(H,24,28)(H,25,27)/t16?,17?,18-/m1/s1. The van der Waals surface area contributed by atoms with Crippen LogP contribution >= 0.6 is 0 Å². The highest BCUT2D eigenvalue weighted by atomic mass is 16.2. The molecule has 1 aliphatic rings. The zero-order chi connectivity index (χ0) is 20.3. The molecular formula is C22H28N4O2. The van der Waals surface area contributed by atoms with Gasteiger partial charge in [0.1, 0.15) is 11.7 Å². The van der Waals surface area contributed by atoms with Crippen LogP contribution in [0.5, 0.6) is 0 Å². The quantitative estimate of drug-likeness (QED) is 0.835. The van der Waals surface area contributed by atoms with E-state index in [0.717, 1.165) is 36.6 Å². The fourth-order valence-corrected chi connectivity index (χ4v) is 3.97. The minimum atomic E-state index is -0.510. The van der Waals surface area contributed by atoms with Crippen LogP contribution in [0.25, 0.3) is 10.9 Å². The Balaban J connectivity index is 1.75. The Morgan fingerprint density at radius 1 is 1.21 bits per heavy atom. The predicted octanol–water partition coefficient (Wildman–Crippen LogP) is 3.13. The minimum Gasteiger partial charge on any atom is -0.347 e. The average Bonchev–Trinajstić information content (AvgIpc) is 3.03. The van der Waals surface area contributed by atoms with Crippen molar-refractivity contribution in [1.29, 1.82) is 5.26 Å². The van der Waals surface area contributed by atoms with E-state index in [-0.39, 0.29) is 29.7 Å². The number of aromatic nitrogens is 1. The number of para-hydroxylation sites is 1. The van der Waals surface area contributed by atoms with Crippen LogP contribution < -0.4 is 10.6 Å². The molecule has 2 amide bonds. The van der Waals surface area contributed by atoms with Crippen LogP contribution in [0.4, 0.5) is 0 Å². The van der Waals surface area contributed by atoms with E-state index in [1.807, 2.05) is 55.8 Å². The number of hydrogen-bond donors (Lipinski definition) is 2. The van der Waals surface area contributed by atoms with Crippen molar-refractivity contribution in [3.63, 3.8) is 0 Å². The van der Waals surface area contributed by atoms with Gasteiger partial charge < -0.3 is 15.2 Å². The Bertz CT molecular complexity index is 909. The zero-order valence-corrected chi connectivity index (χ0v) is 16.7. The molecule has 2 N–H and O–H groups in total. The smallest absolute Gasteiger partial charge is 0.268 e. The number of carbonyl (C=O) groups excluding carboxylic acids is 2. The first-order chi connectivity index (χ1) is 13.4. The van der Waals surface area contributed by atoms with Gasteiger partial charge in [0.2, 0.25) is 5.91 Å². The summed E-state index contributed by atoms with van der Waals surface area (Å²) in [7, 11) is 1.88. The van der Waals surface area contributed by atoms with E-state index in [0.29, 0.717) is 5.69 Å². The van der Waals surface area contributed by atoms with Crippen molar-refractivity contribution in [2.75, 3.05) is 0 Å². The molecule has 2 aromatic rings. The van der Waals surface area contributed by atoms with Gasteiger partial charge in [-0.2, -0.15) is 5.26 Å². The van der Waals surface area contributed by atoms with E-state index in [1.165, 1.54) is 0 Å². The molecule has 1 saturated carbocycles. The van der Waals surface area contributed by atoms with Gasteiger partial charge in [-0.25, -0.2) is 0 Å². The maximum Gasteiger partial charge on any atom is 0.268 e. The molecule has 1 aromatic carbocycles. The van der Waals surface area contributed by atoms with Crippen LogP contribution in [-0.2, 0) is 11.8 Å². The molecule has 3 atom stereocenters. The van der Waals surface area contributed by atoms with Gasteiger partial charge in [0.25, 0.3) is 5.91 Å². The monoisotopic (exact) mass is 380 g/mol. The SMILES string of the molecule is CC(C)[C@@H](C#N)NC(=O)C1CCCCC1NC(=O)c1cc2ccccc2n1C. The molecular weight excluding hydrogens is 352 g/mol. The van der Waals surface area contributed by atoms with Gasteiger partial charge in [0.05, 0.1) is 12.0 Å². The Labute approximate surface area is 165 Å². The van der Waals surface area contributed by atoms with Gasteiger partial charge in [-0.3, -0.25) is 9.59 Å². The van der Waals surface area contributed by atoms with Gasteiger partial charge >= 0.3 is 0 Å². The summed E-state index contributed by atoms with van der Waals surface area (Å²) >= 11 is 0. The van der Waals surface area contributed by atoms with E-state index in [1.54, 1.807) is 0 Å². The number of nitrogens with zero attached hydrogens (tertiary/aromatic N) is 2. The molecule has 0 saturated heterocycles. The highest BCUT2D eigenvalue weighted by molar-refractivity contribution is 5.99. The first-order valence-electron chi connectivity index (χ1n) is 9.97. The lowest BCUT2D eigenvalue weighted by atomic mass is 9.83. The first-order valence-corrected chi connectivity index (χ1v) is 9.97. The number of nitriles is 1. The van der Waals surface area contributed by atoms with Crippen molar-refractivity contribution in [2.45, 2.75) is 51.6 Å². The third kappa shape index (κ3) is 4.04. The summed E-state index contributed by atoms with van der Waals surface area (Å²) in [5.41, 5.74) is 1.59. The van der Waals surface area contributed by atoms with Crippen LogP contribution in [-0.4, -0.2) is 28.5 Å². The summed E-state index contributed by atoms with van der Waals surface area (Å²) in [6.45, 7) is 3.82. The summed E-state index contributed by atoms with van der Waals surface area (Å²) in [5, 5.41) is 16.2. The number of amides is 2. The third-order valence-corrected chi connectivity index (χ3v) is 5.71. The largest absolute Gasteiger partial charge is 0.347 e. The summed E-state index contributed by atoms with van der Waals surface area (Å²) in [4.78, 5) is 25.7. The molecule has 1 heterocycles. The number of fused-ring (bicyclic) bond motifs is 1. The number of nitrogens with one attached hydrogen (secondary N) is 2. The van der Waals surface area contributed by atoms with Gasteiger partial charge in [-0.15, -0.1) is 0 Å². The van der Waals surface area contributed by atoms with Crippen molar-refractivity contribution in [3.05, 3.63) is 36.0 Å². The number of hydrogen-bond acceptors (Lipinski definition) is 3. The van der Waals surface area contributed by atoms with E-state index < -0.39 is 6.04 Å². The van der Waals surface area contributed by atoms with Gasteiger partial charge in [-0.05, 0) is 30.9 Å². The lowest BCUT2D eigenvalue weighted by molar-refractivity contribution is -0.127. The summed E-state index contributed by atoms with van der Waals surface area (Å²) < 4.78 is 1.88. The lowest BCUT2D eigenvalue weighted by Crippen LogP contribution is -2.51. The Morgan fingerprint density at radius 3 is 2.61 bits per heavy atom. The maximum atomic E-state index is 12.9. The van der Waals surface area contributed by atoms with E-state index >= 15 is 0 Å². The molecule has 6 heteroatoms. The molecule has 2 unspecified atom stereocenters. The van der Waals surface area contributed by atoms with Crippen molar-refractivity contribution in [2.24, 2.45) is 18.9 Å². The highest BCUT2D eigenvalue weighted by Crippen LogP contribution is 2.26. The van der Waals surface area contributed by atoms with Crippen LogP contribution in [0.1, 0.15) is 50.0 Å². The fraction of sp³-hybridized carbons (Fsp3) is 0.500. The first kappa shape index (κ1) is 19.9. The molecule has 0 spiro atoms. The molecule has 1 aromatic heterocycles. The zero-order valence-electron chi connectivity index (χ0n) is 16.7. The molecule has 3 rings (SSSR count). The van der Waals surface area contributed by atoms with Crippen molar-refractivity contribution < 1.29 is 9.59 Å². The molecule has 1 aliphatic carbocycles. The van der Waals surface area contributed by atoms with E-state index in [4.69, 9.17) is 0 Å². The lowest BCUT2D eigenvalue weighted by Gasteiger charge is -2.32. The molecule has 0 aliphatic heterocycles. The van der Waals surface area contributed by atoms with Crippen LogP contribution in [0, 0.1) is 23.2 Å². The molecule has 0 bridgehead atoms.